The zero-order chi connectivity index (χ0) is 19.4. The average Bonchev–Trinajstić information content (AvgIpc) is 2.71. The highest BCUT2D eigenvalue weighted by Gasteiger charge is 2.19. The molecule has 2 aromatic carbocycles. The Morgan fingerprint density at radius 2 is 2.04 bits per heavy atom. The summed E-state index contributed by atoms with van der Waals surface area (Å²) < 4.78 is 19.7. The molecular formula is C20H18FN3O3. The van der Waals surface area contributed by atoms with Crippen molar-refractivity contribution in [3.05, 3.63) is 54.0 Å². The molecule has 3 N–H and O–H groups in total. The van der Waals surface area contributed by atoms with Gasteiger partial charge in [-0.2, -0.15) is 5.26 Å². The topological polar surface area (TPSA) is 98.4 Å². The Balaban J connectivity index is 2.29. The lowest BCUT2D eigenvalue weighted by Gasteiger charge is -2.16. The number of halogens is 1. The van der Waals surface area contributed by atoms with Crippen molar-refractivity contribution in [2.45, 2.75) is 6.10 Å². The number of aromatic nitrogens is 1. The van der Waals surface area contributed by atoms with Crippen LogP contribution < -0.4 is 10.1 Å². The van der Waals surface area contributed by atoms with E-state index in [2.05, 4.69) is 10.3 Å². The zero-order valence-electron chi connectivity index (χ0n) is 14.6. The van der Waals surface area contributed by atoms with E-state index in [1.165, 1.54) is 13.2 Å². The van der Waals surface area contributed by atoms with Gasteiger partial charge in [0.1, 0.15) is 23.5 Å². The number of rotatable bonds is 6. The van der Waals surface area contributed by atoms with E-state index in [4.69, 9.17) is 9.84 Å². The molecule has 7 heteroatoms. The Bertz CT molecular complexity index is 1020. The summed E-state index contributed by atoms with van der Waals surface area (Å²) in [6.45, 7) is -0.355. The predicted molar refractivity (Wildman–Crippen MR) is 100.0 cm³/mol. The molecule has 1 atom stereocenters. The van der Waals surface area contributed by atoms with Gasteiger partial charge in [0.2, 0.25) is 0 Å². The van der Waals surface area contributed by atoms with Crippen molar-refractivity contribution in [2.24, 2.45) is 0 Å². The minimum Gasteiger partial charge on any atom is -0.497 e. The van der Waals surface area contributed by atoms with E-state index >= 15 is 0 Å². The summed E-state index contributed by atoms with van der Waals surface area (Å²) in [5.74, 6) is 0.449. The van der Waals surface area contributed by atoms with Gasteiger partial charge in [-0.3, -0.25) is 0 Å². The van der Waals surface area contributed by atoms with Crippen LogP contribution in [0.2, 0.25) is 0 Å². The van der Waals surface area contributed by atoms with Crippen LogP contribution in [0.25, 0.3) is 21.9 Å². The van der Waals surface area contributed by atoms with E-state index in [1.54, 1.807) is 36.4 Å². The van der Waals surface area contributed by atoms with Crippen molar-refractivity contribution in [3.63, 3.8) is 0 Å². The van der Waals surface area contributed by atoms with E-state index in [1.807, 2.05) is 6.07 Å². The highest BCUT2D eigenvalue weighted by Crippen LogP contribution is 2.37. The molecule has 0 amide bonds. The highest BCUT2D eigenvalue weighted by molar-refractivity contribution is 6.04. The van der Waals surface area contributed by atoms with Gasteiger partial charge in [0.15, 0.2) is 5.69 Å². The summed E-state index contributed by atoms with van der Waals surface area (Å²) >= 11 is 0. The number of methoxy groups -OCH3 is 1. The van der Waals surface area contributed by atoms with Gasteiger partial charge in [-0.25, -0.2) is 9.37 Å². The highest BCUT2D eigenvalue weighted by atomic mass is 19.1. The SMILES string of the molecule is COc1ccc2c(NC[C@@H](O)CO)nc(C#N)c(-c3ccccc3F)c2c1. The van der Waals surface area contributed by atoms with Crippen LogP contribution in [0.1, 0.15) is 5.69 Å². The van der Waals surface area contributed by atoms with E-state index in [0.29, 0.717) is 27.9 Å². The number of fused-ring (bicyclic) bond motifs is 1. The number of nitrogens with one attached hydrogen (secondary N) is 1. The number of aliphatic hydroxyl groups excluding tert-OH is 2. The molecular weight excluding hydrogens is 349 g/mol. The van der Waals surface area contributed by atoms with Gasteiger partial charge >= 0.3 is 0 Å². The van der Waals surface area contributed by atoms with Crippen LogP contribution in [0.4, 0.5) is 10.2 Å². The molecule has 0 radical (unpaired) electrons. The van der Waals surface area contributed by atoms with Crippen molar-refractivity contribution in [2.75, 3.05) is 25.6 Å². The third kappa shape index (κ3) is 3.67. The zero-order valence-corrected chi connectivity index (χ0v) is 14.6. The number of nitrogens with zero attached hydrogens (tertiary/aromatic N) is 2. The number of pyridine rings is 1. The molecule has 0 saturated carbocycles. The van der Waals surface area contributed by atoms with Crippen LogP contribution in [0, 0.1) is 17.1 Å². The number of hydrogen-bond donors (Lipinski definition) is 3. The molecule has 1 heterocycles. The smallest absolute Gasteiger partial charge is 0.151 e. The molecule has 0 bridgehead atoms. The lowest BCUT2D eigenvalue weighted by molar-refractivity contribution is 0.105. The van der Waals surface area contributed by atoms with Crippen LogP contribution >= 0.6 is 0 Å². The maximum atomic E-state index is 14.5. The first-order valence-electron chi connectivity index (χ1n) is 8.28. The van der Waals surface area contributed by atoms with Gasteiger partial charge in [0, 0.05) is 23.1 Å². The van der Waals surface area contributed by atoms with Gasteiger partial charge in [0.25, 0.3) is 0 Å². The summed E-state index contributed by atoms with van der Waals surface area (Å²) in [6, 6.07) is 13.4. The third-order valence-corrected chi connectivity index (χ3v) is 4.18. The maximum absolute atomic E-state index is 14.5. The van der Waals surface area contributed by atoms with Crippen molar-refractivity contribution < 1.29 is 19.3 Å². The summed E-state index contributed by atoms with van der Waals surface area (Å²) in [5.41, 5.74) is 0.682. The fourth-order valence-electron chi connectivity index (χ4n) is 2.85. The van der Waals surface area contributed by atoms with Crippen LogP contribution in [-0.4, -0.2) is 41.6 Å². The molecule has 0 aliphatic rings. The normalized spacial score (nSPS) is 11.8. The summed E-state index contributed by atoms with van der Waals surface area (Å²) in [7, 11) is 1.52. The van der Waals surface area contributed by atoms with E-state index in [0.717, 1.165) is 0 Å². The van der Waals surface area contributed by atoms with Gasteiger partial charge in [-0.05, 0) is 29.7 Å². The third-order valence-electron chi connectivity index (χ3n) is 4.18. The van der Waals surface area contributed by atoms with Gasteiger partial charge < -0.3 is 20.3 Å². The van der Waals surface area contributed by atoms with Crippen molar-refractivity contribution in [1.29, 1.82) is 5.26 Å². The Labute approximate surface area is 155 Å². The van der Waals surface area contributed by atoms with Gasteiger partial charge in [0.05, 0.1) is 19.8 Å². The van der Waals surface area contributed by atoms with Crippen LogP contribution in [-0.2, 0) is 0 Å². The molecule has 6 nitrogen and oxygen atoms in total. The van der Waals surface area contributed by atoms with Crippen LogP contribution in [0.3, 0.4) is 0 Å². The van der Waals surface area contributed by atoms with E-state index in [-0.39, 0.29) is 17.8 Å². The second-order valence-electron chi connectivity index (χ2n) is 5.90. The Hall–Kier alpha value is -3.21. The minimum atomic E-state index is -0.975. The number of anilines is 1. The summed E-state index contributed by atoms with van der Waals surface area (Å²) in [5, 5.41) is 32.4. The number of hydrogen-bond acceptors (Lipinski definition) is 6. The van der Waals surface area contributed by atoms with Crippen molar-refractivity contribution in [1.82, 2.24) is 4.98 Å². The summed E-state index contributed by atoms with van der Waals surface area (Å²) in [6.07, 6.45) is -0.975. The number of aliphatic hydroxyl groups is 2. The molecule has 0 aliphatic carbocycles. The molecule has 0 saturated heterocycles. The molecule has 138 valence electrons. The number of benzene rings is 2. The fraction of sp³-hybridized carbons (Fsp3) is 0.200. The first kappa shape index (κ1) is 18.6. The lowest BCUT2D eigenvalue weighted by atomic mass is 9.96. The van der Waals surface area contributed by atoms with Gasteiger partial charge in [-0.1, -0.05) is 18.2 Å². The Morgan fingerprint density at radius 1 is 1.26 bits per heavy atom. The quantitative estimate of drug-likeness (QED) is 0.620. The Morgan fingerprint density at radius 3 is 2.70 bits per heavy atom. The van der Waals surface area contributed by atoms with Crippen molar-refractivity contribution >= 4 is 16.6 Å². The molecule has 0 fully saturated rings. The Kier molecular flexibility index (Phi) is 5.50. The molecule has 27 heavy (non-hydrogen) atoms. The minimum absolute atomic E-state index is 0.0434. The van der Waals surface area contributed by atoms with Crippen molar-refractivity contribution in [3.8, 4) is 22.9 Å². The van der Waals surface area contributed by atoms with E-state index in [9.17, 15) is 14.8 Å². The molecule has 3 aromatic rings. The summed E-state index contributed by atoms with van der Waals surface area (Å²) in [4.78, 5) is 4.33. The van der Waals surface area contributed by atoms with Crippen LogP contribution in [0.5, 0.6) is 5.75 Å². The second kappa shape index (κ2) is 7.99. The number of nitriles is 1. The lowest BCUT2D eigenvalue weighted by Crippen LogP contribution is -2.23. The van der Waals surface area contributed by atoms with Gasteiger partial charge in [-0.15, -0.1) is 0 Å². The fourth-order valence-corrected chi connectivity index (χ4v) is 2.85. The molecule has 0 spiro atoms. The van der Waals surface area contributed by atoms with E-state index < -0.39 is 18.5 Å². The second-order valence-corrected chi connectivity index (χ2v) is 5.90. The standard InChI is InChI=1S/C20H18FN3O3/c1-27-13-6-7-14-16(8-13)19(15-4-2-3-5-17(15)21)18(9-22)24-20(14)23-10-12(26)11-25/h2-8,12,25-26H,10-11H2,1H3,(H,23,24)/t12-/m1/s1. The predicted octanol–water partition coefficient (Wildman–Crippen LogP) is 2.69. The first-order valence-corrected chi connectivity index (χ1v) is 8.28. The molecule has 0 unspecified atom stereocenters. The van der Waals surface area contributed by atoms with Crippen LogP contribution in [0.15, 0.2) is 42.5 Å². The number of ether oxygens (including phenoxy) is 1. The molecule has 3 rings (SSSR count). The molecule has 0 aliphatic heterocycles. The molecule has 1 aromatic heterocycles. The largest absolute Gasteiger partial charge is 0.497 e. The monoisotopic (exact) mass is 367 g/mol. The first-order chi connectivity index (χ1) is 13.1. The maximum Gasteiger partial charge on any atom is 0.151 e. The average molecular weight is 367 g/mol.